The van der Waals surface area contributed by atoms with Crippen molar-refractivity contribution in [1.82, 2.24) is 0 Å². The summed E-state index contributed by atoms with van der Waals surface area (Å²) >= 11 is 0. The minimum Gasteiger partial charge on any atom is -0.478 e. The van der Waals surface area contributed by atoms with Crippen molar-refractivity contribution in [2.45, 2.75) is 31.1 Å². The molecule has 8 nitrogen and oxygen atoms in total. The Balaban J connectivity index is 1.76. The smallest absolute Gasteiger partial charge is 0.336 e. The Kier molecular flexibility index (Phi) is 8.63. The summed E-state index contributed by atoms with van der Waals surface area (Å²) < 4.78 is 0. The number of benzene rings is 4. The lowest BCUT2D eigenvalue weighted by atomic mass is 9.67. The summed E-state index contributed by atoms with van der Waals surface area (Å²) in [7, 11) is 0. The number of carboxylic acids is 4. The lowest BCUT2D eigenvalue weighted by molar-refractivity contribution is 0.0651. The third kappa shape index (κ3) is 6.33. The standard InChI is InChI=1S/C33H28O8/c34-29(35)25-15-13-21(18-27(25)31(38)39)8-7-17-33(23-9-3-1-4-10-23,24-11-5-2-6-12-24)20-22-14-16-26(30(36)37)28(19-22)32(40)41/h1-6,9-16,18-19H,7-8,17,20H2,(H,34,35)(H,36,37)(H,38,39)(H,40,41). The number of carbonyl (C=O) groups is 4. The molecular formula is C33H28O8. The molecule has 4 rings (SSSR count). The molecule has 0 bridgehead atoms. The first-order valence-electron chi connectivity index (χ1n) is 12.9. The molecule has 4 aromatic carbocycles. The van der Waals surface area contributed by atoms with Gasteiger partial charge in [0.05, 0.1) is 22.3 Å². The van der Waals surface area contributed by atoms with Crippen molar-refractivity contribution in [1.29, 1.82) is 0 Å². The molecule has 0 heterocycles. The van der Waals surface area contributed by atoms with Gasteiger partial charge in [0.15, 0.2) is 0 Å². The molecule has 4 N–H and O–H groups in total. The van der Waals surface area contributed by atoms with Crippen molar-refractivity contribution in [2.24, 2.45) is 0 Å². The zero-order valence-electron chi connectivity index (χ0n) is 22.0. The second-order valence-electron chi connectivity index (χ2n) is 9.82. The maximum absolute atomic E-state index is 11.9. The van der Waals surface area contributed by atoms with Gasteiger partial charge in [-0.3, -0.25) is 0 Å². The Morgan fingerprint density at radius 2 is 0.927 bits per heavy atom. The molecule has 0 saturated carbocycles. The Labute approximate surface area is 236 Å². The van der Waals surface area contributed by atoms with E-state index in [1.54, 1.807) is 12.1 Å². The summed E-state index contributed by atoms with van der Waals surface area (Å²) in [6, 6.07) is 28.2. The summed E-state index contributed by atoms with van der Waals surface area (Å²) in [5.74, 6) is -5.27. The highest BCUT2D eigenvalue weighted by atomic mass is 16.4. The fraction of sp³-hybridized carbons (Fsp3) is 0.152. The van der Waals surface area contributed by atoms with E-state index < -0.39 is 29.3 Å². The molecule has 0 amide bonds. The average Bonchev–Trinajstić information content (AvgIpc) is 2.97. The monoisotopic (exact) mass is 552 g/mol. The van der Waals surface area contributed by atoms with Crippen molar-refractivity contribution in [3.05, 3.63) is 142 Å². The van der Waals surface area contributed by atoms with Gasteiger partial charge in [0.2, 0.25) is 0 Å². The highest BCUT2D eigenvalue weighted by molar-refractivity contribution is 6.02. The molecule has 0 aliphatic heterocycles. The van der Waals surface area contributed by atoms with Crippen molar-refractivity contribution in [3.8, 4) is 0 Å². The predicted octanol–water partition coefficient (Wildman–Crippen LogP) is 6.03. The number of aryl methyl sites for hydroxylation is 1. The van der Waals surface area contributed by atoms with E-state index in [4.69, 9.17) is 0 Å². The second-order valence-corrected chi connectivity index (χ2v) is 9.82. The van der Waals surface area contributed by atoms with Crippen LogP contribution in [0.5, 0.6) is 0 Å². The topological polar surface area (TPSA) is 149 Å². The van der Waals surface area contributed by atoms with Crippen molar-refractivity contribution in [3.63, 3.8) is 0 Å². The average molecular weight is 553 g/mol. The van der Waals surface area contributed by atoms with E-state index in [9.17, 15) is 39.6 Å². The van der Waals surface area contributed by atoms with Gasteiger partial charge in [-0.1, -0.05) is 72.8 Å². The van der Waals surface area contributed by atoms with Gasteiger partial charge in [-0.2, -0.15) is 0 Å². The van der Waals surface area contributed by atoms with Crippen LogP contribution in [0.2, 0.25) is 0 Å². The van der Waals surface area contributed by atoms with Crippen LogP contribution in [0.1, 0.15) is 76.5 Å². The molecule has 0 radical (unpaired) electrons. The van der Waals surface area contributed by atoms with Gasteiger partial charge >= 0.3 is 23.9 Å². The van der Waals surface area contributed by atoms with Crippen molar-refractivity contribution < 1.29 is 39.6 Å². The molecule has 208 valence electrons. The summed E-state index contributed by atoms with van der Waals surface area (Å²) in [5, 5.41) is 38.1. The quantitative estimate of drug-likeness (QED) is 0.166. The van der Waals surface area contributed by atoms with Gasteiger partial charge < -0.3 is 20.4 Å². The minimum absolute atomic E-state index is 0.271. The van der Waals surface area contributed by atoms with Gasteiger partial charge in [0, 0.05) is 5.41 Å². The number of rotatable bonds is 12. The molecule has 0 aliphatic carbocycles. The van der Waals surface area contributed by atoms with E-state index in [-0.39, 0.29) is 22.3 Å². The van der Waals surface area contributed by atoms with Crippen LogP contribution in [0, 0.1) is 0 Å². The number of hydrogen-bond acceptors (Lipinski definition) is 4. The summed E-state index contributed by atoms with van der Waals surface area (Å²) in [6.07, 6.45) is 2.01. The predicted molar refractivity (Wildman–Crippen MR) is 151 cm³/mol. The van der Waals surface area contributed by atoms with E-state index in [1.807, 2.05) is 60.7 Å². The van der Waals surface area contributed by atoms with Gasteiger partial charge in [-0.25, -0.2) is 19.2 Å². The number of aromatic carboxylic acids is 4. The van der Waals surface area contributed by atoms with E-state index in [0.29, 0.717) is 36.8 Å². The molecule has 41 heavy (non-hydrogen) atoms. The molecule has 0 aliphatic rings. The minimum atomic E-state index is -1.33. The molecular weight excluding hydrogens is 524 g/mol. The van der Waals surface area contributed by atoms with Gasteiger partial charge in [-0.15, -0.1) is 0 Å². The number of carboxylic acid groups (broad SMARTS) is 4. The van der Waals surface area contributed by atoms with Crippen LogP contribution >= 0.6 is 0 Å². The van der Waals surface area contributed by atoms with Gasteiger partial charge in [0.25, 0.3) is 0 Å². The maximum atomic E-state index is 11.9. The Morgan fingerprint density at radius 3 is 1.37 bits per heavy atom. The van der Waals surface area contributed by atoms with Crippen LogP contribution < -0.4 is 0 Å². The van der Waals surface area contributed by atoms with Gasteiger partial charge in [-0.05, 0) is 72.2 Å². The molecule has 0 spiro atoms. The Bertz CT molecular complexity index is 1550. The molecule has 0 unspecified atom stereocenters. The second kappa shape index (κ2) is 12.3. The fourth-order valence-corrected chi connectivity index (χ4v) is 5.38. The summed E-state index contributed by atoms with van der Waals surface area (Å²) in [5.41, 5.74) is 1.54. The molecule has 4 aromatic rings. The zero-order valence-corrected chi connectivity index (χ0v) is 22.0. The lowest BCUT2D eigenvalue weighted by Crippen LogP contribution is -2.31. The first kappa shape index (κ1) is 28.8. The maximum Gasteiger partial charge on any atom is 0.336 e. The first-order chi connectivity index (χ1) is 19.6. The normalized spacial score (nSPS) is 11.1. The molecule has 8 heteroatoms. The van der Waals surface area contributed by atoms with Crippen LogP contribution in [0.3, 0.4) is 0 Å². The SMILES string of the molecule is O=C(O)c1ccc(CCCC(Cc2ccc(C(=O)O)c(C(=O)O)c2)(c2ccccc2)c2ccccc2)cc1C(=O)O. The van der Waals surface area contributed by atoms with Crippen LogP contribution in [-0.2, 0) is 18.3 Å². The van der Waals surface area contributed by atoms with Crippen LogP contribution in [0.15, 0.2) is 97.1 Å². The molecule has 0 fully saturated rings. The van der Waals surface area contributed by atoms with Crippen molar-refractivity contribution >= 4 is 23.9 Å². The molecule has 0 saturated heterocycles. The summed E-state index contributed by atoms with van der Waals surface area (Å²) in [4.78, 5) is 46.7. The van der Waals surface area contributed by atoms with Crippen LogP contribution in [0.4, 0.5) is 0 Å². The van der Waals surface area contributed by atoms with E-state index >= 15 is 0 Å². The van der Waals surface area contributed by atoms with Crippen LogP contribution in [-0.4, -0.2) is 44.3 Å². The third-order valence-corrected chi connectivity index (χ3v) is 7.32. The van der Waals surface area contributed by atoms with Gasteiger partial charge in [0.1, 0.15) is 0 Å². The highest BCUT2D eigenvalue weighted by Crippen LogP contribution is 2.41. The van der Waals surface area contributed by atoms with E-state index in [0.717, 1.165) is 11.1 Å². The van der Waals surface area contributed by atoms with E-state index in [2.05, 4.69) is 0 Å². The van der Waals surface area contributed by atoms with E-state index in [1.165, 1.54) is 24.3 Å². The largest absolute Gasteiger partial charge is 0.478 e. The van der Waals surface area contributed by atoms with Crippen LogP contribution in [0.25, 0.3) is 0 Å². The fourth-order valence-electron chi connectivity index (χ4n) is 5.38. The van der Waals surface area contributed by atoms with Crippen molar-refractivity contribution in [2.75, 3.05) is 0 Å². The first-order valence-corrected chi connectivity index (χ1v) is 12.9. The Hall–Kier alpha value is -5.24. The Morgan fingerprint density at radius 1 is 0.512 bits per heavy atom. The third-order valence-electron chi connectivity index (χ3n) is 7.32. The lowest BCUT2D eigenvalue weighted by Gasteiger charge is -2.36. The molecule has 0 atom stereocenters. The highest BCUT2D eigenvalue weighted by Gasteiger charge is 2.34. The summed E-state index contributed by atoms with van der Waals surface area (Å²) in [6.45, 7) is 0. The molecule has 0 aromatic heterocycles. The number of hydrogen-bond donors (Lipinski definition) is 4. The zero-order chi connectivity index (χ0) is 29.6.